The number of nitrogens with one attached hydrogen (secondary N) is 2. The number of hydrogen-bond acceptors (Lipinski definition) is 5. The second-order valence-corrected chi connectivity index (χ2v) is 9.99. The standard InChI is InChI=1S/C24H31N3OS2/c1-27(20-7-3-2-4-8-20)23(28)19-13-11-18(12-14-19)15-16-30-24(17-29)25-21-9-5-6-10-22(21)26-24/h5-6,9-14,20,25-26,29H,2-4,7-8,15-17H2,1H3. The molecule has 0 spiro atoms. The van der Waals surface area contributed by atoms with Gasteiger partial charge in [0.15, 0.2) is 4.99 Å². The van der Waals surface area contributed by atoms with E-state index in [9.17, 15) is 4.79 Å². The third-order valence-corrected chi connectivity index (χ3v) is 8.14. The maximum Gasteiger partial charge on any atom is 0.253 e. The van der Waals surface area contributed by atoms with E-state index in [-0.39, 0.29) is 10.9 Å². The number of benzene rings is 2. The summed E-state index contributed by atoms with van der Waals surface area (Å²) in [5, 5.41) is 7.15. The fourth-order valence-electron chi connectivity index (χ4n) is 4.36. The summed E-state index contributed by atoms with van der Waals surface area (Å²) < 4.78 is 0. The average Bonchev–Trinajstić information content (AvgIpc) is 3.18. The van der Waals surface area contributed by atoms with Gasteiger partial charge in [-0.1, -0.05) is 43.5 Å². The third-order valence-electron chi connectivity index (χ3n) is 6.21. The maximum absolute atomic E-state index is 12.8. The smallest absolute Gasteiger partial charge is 0.253 e. The quantitative estimate of drug-likeness (QED) is 0.497. The second kappa shape index (κ2) is 9.56. The Morgan fingerprint density at radius 1 is 1.07 bits per heavy atom. The number of carbonyl (C=O) groups is 1. The molecule has 0 radical (unpaired) electrons. The van der Waals surface area contributed by atoms with Gasteiger partial charge in [0, 0.05) is 30.2 Å². The van der Waals surface area contributed by atoms with Crippen LogP contribution in [0.15, 0.2) is 48.5 Å². The van der Waals surface area contributed by atoms with Gasteiger partial charge in [0.2, 0.25) is 0 Å². The van der Waals surface area contributed by atoms with Crippen LogP contribution >= 0.6 is 24.4 Å². The number of anilines is 2. The van der Waals surface area contributed by atoms with Gasteiger partial charge in [-0.3, -0.25) is 4.79 Å². The predicted molar refractivity (Wildman–Crippen MR) is 132 cm³/mol. The van der Waals surface area contributed by atoms with Gasteiger partial charge in [0.25, 0.3) is 5.91 Å². The molecule has 2 aromatic carbocycles. The van der Waals surface area contributed by atoms with Crippen molar-refractivity contribution in [3.63, 3.8) is 0 Å². The number of para-hydroxylation sites is 2. The number of amides is 1. The molecule has 6 heteroatoms. The van der Waals surface area contributed by atoms with Crippen LogP contribution in [-0.2, 0) is 6.42 Å². The summed E-state index contributed by atoms with van der Waals surface area (Å²) in [4.78, 5) is 14.5. The van der Waals surface area contributed by atoms with Gasteiger partial charge in [-0.15, -0.1) is 11.8 Å². The molecule has 1 saturated carbocycles. The van der Waals surface area contributed by atoms with Crippen molar-refractivity contribution in [2.45, 2.75) is 49.6 Å². The van der Waals surface area contributed by atoms with Crippen LogP contribution in [0.5, 0.6) is 0 Å². The number of thiol groups is 1. The zero-order chi connectivity index (χ0) is 21.0. The molecule has 2 aliphatic rings. The van der Waals surface area contributed by atoms with E-state index in [4.69, 9.17) is 0 Å². The van der Waals surface area contributed by atoms with Crippen LogP contribution in [0.4, 0.5) is 11.4 Å². The minimum atomic E-state index is -0.272. The number of nitrogens with zero attached hydrogens (tertiary/aromatic N) is 1. The molecule has 0 bridgehead atoms. The normalized spacial score (nSPS) is 17.7. The van der Waals surface area contributed by atoms with Gasteiger partial charge in [-0.05, 0) is 49.1 Å². The lowest BCUT2D eigenvalue weighted by Crippen LogP contribution is -2.40. The van der Waals surface area contributed by atoms with E-state index >= 15 is 0 Å². The number of rotatable bonds is 7. The third kappa shape index (κ3) is 4.75. The lowest BCUT2D eigenvalue weighted by molar-refractivity contribution is 0.0696. The fourth-order valence-corrected chi connectivity index (χ4v) is 5.93. The number of fused-ring (bicyclic) bond motifs is 1. The summed E-state index contributed by atoms with van der Waals surface area (Å²) in [7, 11) is 1.96. The first-order valence-corrected chi connectivity index (χ1v) is 12.5. The monoisotopic (exact) mass is 441 g/mol. The topological polar surface area (TPSA) is 44.4 Å². The summed E-state index contributed by atoms with van der Waals surface area (Å²) in [6.45, 7) is 0. The van der Waals surface area contributed by atoms with Gasteiger partial charge >= 0.3 is 0 Å². The number of aryl methyl sites for hydroxylation is 1. The molecule has 1 fully saturated rings. The van der Waals surface area contributed by atoms with E-state index in [0.29, 0.717) is 11.8 Å². The Kier molecular flexibility index (Phi) is 6.84. The highest BCUT2D eigenvalue weighted by Gasteiger charge is 2.35. The maximum atomic E-state index is 12.8. The zero-order valence-electron chi connectivity index (χ0n) is 17.6. The van der Waals surface area contributed by atoms with Crippen LogP contribution in [0.1, 0.15) is 48.0 Å². The highest BCUT2D eigenvalue weighted by molar-refractivity contribution is 8.01. The predicted octanol–water partition coefficient (Wildman–Crippen LogP) is 5.49. The van der Waals surface area contributed by atoms with Gasteiger partial charge in [-0.25, -0.2) is 0 Å². The highest BCUT2D eigenvalue weighted by Crippen LogP contribution is 2.40. The minimum absolute atomic E-state index is 0.147. The van der Waals surface area contributed by atoms with E-state index in [1.807, 2.05) is 48.0 Å². The molecule has 0 unspecified atom stereocenters. The van der Waals surface area contributed by atoms with E-state index in [1.165, 1.54) is 24.8 Å². The summed E-state index contributed by atoms with van der Waals surface area (Å²) in [6.07, 6.45) is 7.00. The molecule has 0 saturated heterocycles. The molecule has 4 nitrogen and oxygen atoms in total. The van der Waals surface area contributed by atoms with Crippen LogP contribution in [-0.4, -0.2) is 40.4 Å². The Labute approximate surface area is 189 Å². The summed E-state index contributed by atoms with van der Waals surface area (Å²) in [5.41, 5.74) is 4.30. The van der Waals surface area contributed by atoms with E-state index in [1.54, 1.807) is 0 Å². The van der Waals surface area contributed by atoms with Crippen LogP contribution in [0.3, 0.4) is 0 Å². The molecule has 0 atom stereocenters. The molecule has 2 N–H and O–H groups in total. The second-order valence-electron chi connectivity index (χ2n) is 8.28. The first kappa shape index (κ1) is 21.4. The molecular weight excluding hydrogens is 410 g/mol. The van der Waals surface area contributed by atoms with E-state index in [0.717, 1.165) is 42.0 Å². The molecule has 1 amide bonds. The first-order chi connectivity index (χ1) is 14.6. The van der Waals surface area contributed by atoms with Crippen molar-refractivity contribution >= 4 is 41.7 Å². The molecule has 1 heterocycles. The minimum Gasteiger partial charge on any atom is -0.352 e. The highest BCUT2D eigenvalue weighted by atomic mass is 32.2. The SMILES string of the molecule is CN(C(=O)c1ccc(CCSC2(CS)Nc3ccccc3N2)cc1)C1CCCCC1. The fraction of sp³-hybridized carbons (Fsp3) is 0.458. The molecule has 160 valence electrons. The Bertz CT molecular complexity index is 840. The molecule has 30 heavy (non-hydrogen) atoms. The summed E-state index contributed by atoms with van der Waals surface area (Å²) in [5.74, 6) is 1.80. The van der Waals surface area contributed by atoms with E-state index < -0.39 is 0 Å². The Balaban J connectivity index is 1.30. The molecule has 4 rings (SSSR count). The van der Waals surface area contributed by atoms with Crippen LogP contribution < -0.4 is 10.6 Å². The van der Waals surface area contributed by atoms with Gasteiger partial charge in [-0.2, -0.15) is 12.6 Å². The van der Waals surface area contributed by atoms with E-state index in [2.05, 4.69) is 47.5 Å². The molecular formula is C24H31N3OS2. The van der Waals surface area contributed by atoms with Crippen molar-refractivity contribution in [1.29, 1.82) is 0 Å². The molecule has 1 aliphatic heterocycles. The van der Waals surface area contributed by atoms with Crippen LogP contribution in [0.25, 0.3) is 0 Å². The Morgan fingerprint density at radius 3 is 2.30 bits per heavy atom. The van der Waals surface area contributed by atoms with Crippen molar-refractivity contribution < 1.29 is 4.79 Å². The van der Waals surface area contributed by atoms with Crippen molar-refractivity contribution in [3.05, 3.63) is 59.7 Å². The molecule has 2 aromatic rings. The van der Waals surface area contributed by atoms with Gasteiger partial charge in [0.1, 0.15) is 0 Å². The zero-order valence-corrected chi connectivity index (χ0v) is 19.3. The first-order valence-electron chi connectivity index (χ1n) is 10.9. The number of hydrogen-bond donors (Lipinski definition) is 3. The largest absolute Gasteiger partial charge is 0.352 e. The van der Waals surface area contributed by atoms with Crippen molar-refractivity contribution in [3.8, 4) is 0 Å². The Hall–Kier alpha value is -1.79. The average molecular weight is 442 g/mol. The lowest BCUT2D eigenvalue weighted by atomic mass is 9.94. The van der Waals surface area contributed by atoms with Crippen molar-refractivity contribution in [1.82, 2.24) is 4.90 Å². The Morgan fingerprint density at radius 2 is 1.70 bits per heavy atom. The van der Waals surface area contributed by atoms with Crippen molar-refractivity contribution in [2.75, 3.05) is 29.2 Å². The molecule has 0 aromatic heterocycles. The number of carbonyl (C=O) groups excluding carboxylic acids is 1. The van der Waals surface area contributed by atoms with Crippen LogP contribution in [0.2, 0.25) is 0 Å². The lowest BCUT2D eigenvalue weighted by Gasteiger charge is -2.31. The number of thioether (sulfide) groups is 1. The van der Waals surface area contributed by atoms with Gasteiger partial charge < -0.3 is 15.5 Å². The van der Waals surface area contributed by atoms with Gasteiger partial charge in [0.05, 0.1) is 11.4 Å². The summed E-state index contributed by atoms with van der Waals surface area (Å²) >= 11 is 6.42. The summed E-state index contributed by atoms with van der Waals surface area (Å²) in [6, 6.07) is 16.8. The molecule has 1 aliphatic carbocycles. The van der Waals surface area contributed by atoms with Crippen molar-refractivity contribution in [2.24, 2.45) is 0 Å². The van der Waals surface area contributed by atoms with Crippen LogP contribution in [0, 0.1) is 0 Å².